The Labute approximate surface area is 327 Å². The summed E-state index contributed by atoms with van der Waals surface area (Å²) in [5.74, 6) is -2.12. The van der Waals surface area contributed by atoms with E-state index in [1.54, 1.807) is 10.9 Å². The first-order valence-electron chi connectivity index (χ1n) is 17.7. The maximum absolute atomic E-state index is 12.1. The maximum Gasteiger partial charge on any atom is 0.303 e. The number of carbonyl (C=O) groups is 4. The number of rotatable bonds is 13. The number of aryl methyl sites for hydroxylation is 1. The summed E-state index contributed by atoms with van der Waals surface area (Å²) in [6.45, 7) is 5.28. The lowest BCUT2D eigenvalue weighted by Crippen LogP contribution is -3.00. The van der Waals surface area contributed by atoms with E-state index in [1.165, 1.54) is 6.92 Å². The monoisotopic (exact) mass is 794 g/mol. The Morgan fingerprint density at radius 3 is 2.27 bits per heavy atom. The Kier molecular flexibility index (Phi) is 13.6. The van der Waals surface area contributed by atoms with Crippen molar-refractivity contribution in [1.82, 2.24) is 24.6 Å². The molecule has 1 N–H and O–H groups in total. The number of halogens is 1. The average Bonchev–Trinajstić information content (AvgIpc) is 3.59. The Bertz CT molecular complexity index is 2250. The van der Waals surface area contributed by atoms with Crippen LogP contribution in [0.5, 0.6) is 0 Å². The lowest BCUT2D eigenvalue weighted by Gasteiger charge is -2.43. The van der Waals surface area contributed by atoms with E-state index in [-0.39, 0.29) is 25.6 Å². The molecule has 56 heavy (non-hydrogen) atoms. The van der Waals surface area contributed by atoms with Crippen LogP contribution in [0.4, 0.5) is 5.69 Å². The second kappa shape index (κ2) is 18.3. The Hall–Kier alpha value is -5.65. The smallest absolute Gasteiger partial charge is 0.303 e. The van der Waals surface area contributed by atoms with Crippen molar-refractivity contribution >= 4 is 51.4 Å². The third kappa shape index (κ3) is 9.96. The number of benzene rings is 3. The molecular weight excluding hydrogens is 752 g/mol. The first kappa shape index (κ1) is 41.5. The highest BCUT2D eigenvalue weighted by atomic mass is 35.5. The molecule has 1 fully saturated rings. The molecule has 298 valence electrons. The zero-order chi connectivity index (χ0) is 39.2. The molecule has 3 aliphatic rings. The topological polar surface area (TPSA) is 195 Å². The lowest BCUT2D eigenvalue weighted by molar-refractivity contribution is -0.310. The highest BCUT2D eigenvalue weighted by molar-refractivity contribution is 6.10. The van der Waals surface area contributed by atoms with Crippen molar-refractivity contribution in [2.45, 2.75) is 78.0 Å². The number of anilines is 1. The molecule has 17 nitrogen and oxygen atoms in total. The fourth-order valence-electron chi connectivity index (χ4n) is 6.34. The van der Waals surface area contributed by atoms with E-state index >= 15 is 0 Å². The normalized spacial score (nSPS) is 19.2. The summed E-state index contributed by atoms with van der Waals surface area (Å²) in [4.78, 5) is 52.8. The van der Waals surface area contributed by atoms with Crippen LogP contribution in [0.15, 0.2) is 59.1 Å². The molecule has 3 aromatic rings. The van der Waals surface area contributed by atoms with Gasteiger partial charge in [0.2, 0.25) is 5.36 Å². The van der Waals surface area contributed by atoms with Gasteiger partial charge in [-0.25, -0.2) is 9.56 Å². The van der Waals surface area contributed by atoms with Crippen LogP contribution in [0, 0.1) is 0 Å². The minimum absolute atomic E-state index is 0. The van der Waals surface area contributed by atoms with Gasteiger partial charge in [0, 0.05) is 69.4 Å². The van der Waals surface area contributed by atoms with Crippen LogP contribution in [0.1, 0.15) is 39.8 Å². The minimum Gasteiger partial charge on any atom is -1.00 e. The Morgan fingerprint density at radius 1 is 0.875 bits per heavy atom. The molecule has 18 heteroatoms. The summed E-state index contributed by atoms with van der Waals surface area (Å²) < 4.78 is 43.5. The van der Waals surface area contributed by atoms with Gasteiger partial charge in [0.15, 0.2) is 35.9 Å². The molecule has 1 aromatic heterocycles. The number of fused-ring (bicyclic) bond motifs is 4. The average molecular weight is 795 g/mol. The van der Waals surface area contributed by atoms with Crippen molar-refractivity contribution in [2.24, 2.45) is 0 Å². The predicted octanol–water partition coefficient (Wildman–Crippen LogP) is -0.185. The molecule has 0 spiro atoms. The number of nitrogens with one attached hydrogen (secondary N) is 1. The van der Waals surface area contributed by atoms with Gasteiger partial charge >= 0.3 is 23.9 Å². The molecule has 0 saturated carbocycles. The van der Waals surface area contributed by atoms with Gasteiger partial charge in [0.1, 0.15) is 43.7 Å². The van der Waals surface area contributed by atoms with Gasteiger partial charge in [-0.15, -0.1) is 5.10 Å². The zero-order valence-electron chi connectivity index (χ0n) is 31.7. The molecule has 6 rings (SSSR count). The Balaban J connectivity index is 0.00000600. The summed E-state index contributed by atoms with van der Waals surface area (Å²) >= 11 is 0. The Morgan fingerprint density at radius 2 is 1.57 bits per heavy atom. The fraction of sp³-hybridized carbons (Fsp3) is 0.421. The molecule has 0 amide bonds. The van der Waals surface area contributed by atoms with Crippen LogP contribution in [0.3, 0.4) is 0 Å². The second-order valence-electron chi connectivity index (χ2n) is 13.2. The van der Waals surface area contributed by atoms with Crippen LogP contribution in [0.2, 0.25) is 0 Å². The van der Waals surface area contributed by atoms with E-state index in [2.05, 4.69) is 15.6 Å². The minimum atomic E-state index is -1.34. The second-order valence-corrected chi connectivity index (χ2v) is 13.2. The predicted molar refractivity (Wildman–Crippen MR) is 195 cm³/mol. The molecule has 0 unspecified atom stereocenters. The number of carbonyl (C=O) groups excluding carboxylic acids is 4. The molecule has 3 heterocycles. The van der Waals surface area contributed by atoms with Crippen molar-refractivity contribution in [2.75, 3.05) is 32.6 Å². The van der Waals surface area contributed by atoms with E-state index in [1.807, 2.05) is 67.2 Å². The van der Waals surface area contributed by atoms with Crippen molar-refractivity contribution in [3.05, 3.63) is 65.8 Å². The van der Waals surface area contributed by atoms with E-state index in [0.29, 0.717) is 36.5 Å². The van der Waals surface area contributed by atoms with Crippen molar-refractivity contribution in [3.8, 4) is 11.5 Å². The molecule has 2 aromatic carbocycles. The summed E-state index contributed by atoms with van der Waals surface area (Å²) in [5.41, 5.74) is 3.57. The van der Waals surface area contributed by atoms with Crippen LogP contribution >= 0.6 is 0 Å². The van der Waals surface area contributed by atoms with Gasteiger partial charge in [0.25, 0.3) is 0 Å². The van der Waals surface area contributed by atoms with Gasteiger partial charge in [-0.1, -0.05) is 29.5 Å². The van der Waals surface area contributed by atoms with Crippen molar-refractivity contribution < 1.29 is 64.4 Å². The molecule has 0 bridgehead atoms. The maximum atomic E-state index is 12.1. The third-order valence-electron chi connectivity index (χ3n) is 8.70. The zero-order valence-corrected chi connectivity index (χ0v) is 32.5. The van der Waals surface area contributed by atoms with Crippen LogP contribution in [0.25, 0.3) is 33.3 Å². The van der Waals surface area contributed by atoms with Gasteiger partial charge in [-0.2, -0.15) is 0 Å². The van der Waals surface area contributed by atoms with Gasteiger partial charge in [-0.3, -0.25) is 23.9 Å². The quantitative estimate of drug-likeness (QED) is 0.0411. The standard InChI is InChI=1S/C38H42N6O11.ClH/c1-21(45)49-20-33-35(51-22(2)46)36(52-23(3)47)37(53-24(4)48)38(55-33)50-19-25-18-44(42-41-25)15-9-14-39-30-17-32-34(28-11-8-7-10-27(28)30)40-29-13-12-26(43(5)6)16-31(29)54-32;/h7-8,10-13,16-18,33,35-38H,9,14-15,19-20H2,1-6H3;1H/t33-,35-,36+,37-,38-;/m1./s1. The number of ether oxygens (including phenoxy) is 6. The lowest BCUT2D eigenvalue weighted by atomic mass is 9.98. The number of nitrogens with zero attached hydrogens (tertiary/aromatic N) is 5. The van der Waals surface area contributed by atoms with Gasteiger partial charge in [0.05, 0.1) is 18.9 Å². The first-order chi connectivity index (χ1) is 26.4. The van der Waals surface area contributed by atoms with Crippen LogP contribution < -0.4 is 27.7 Å². The number of hydrogen-bond acceptors (Lipinski definition) is 15. The third-order valence-corrected chi connectivity index (χ3v) is 8.70. The largest absolute Gasteiger partial charge is 1.00 e. The molecule has 2 aliphatic heterocycles. The number of esters is 4. The highest BCUT2D eigenvalue weighted by Gasteiger charge is 2.52. The van der Waals surface area contributed by atoms with Gasteiger partial charge < -0.3 is 50.6 Å². The summed E-state index contributed by atoms with van der Waals surface area (Å²) in [6, 6.07) is 16.0. The number of hydrogen-bond donors (Lipinski definition) is 1. The van der Waals surface area contributed by atoms with E-state index < -0.39 is 54.6 Å². The molecule has 1 aliphatic carbocycles. The molecule has 5 atom stereocenters. The molecule has 0 radical (unpaired) electrons. The van der Waals surface area contributed by atoms with Gasteiger partial charge in [-0.05, 0) is 12.5 Å². The molecule has 1 saturated heterocycles. The van der Waals surface area contributed by atoms with E-state index in [4.69, 9.17) is 37.8 Å². The molecular formula is C38H43ClN6O11. The van der Waals surface area contributed by atoms with Crippen LogP contribution in [-0.2, 0) is 60.8 Å². The van der Waals surface area contributed by atoms with Crippen molar-refractivity contribution in [3.63, 3.8) is 0 Å². The van der Waals surface area contributed by atoms with Crippen molar-refractivity contribution in [1.29, 1.82) is 0 Å². The van der Waals surface area contributed by atoms with E-state index in [9.17, 15) is 19.2 Å². The number of aromatic nitrogens is 4. The summed E-state index contributed by atoms with van der Waals surface area (Å²) in [6.07, 6.45) is -4.03. The fourth-order valence-corrected chi connectivity index (χ4v) is 6.34. The highest BCUT2D eigenvalue weighted by Crippen LogP contribution is 2.34. The van der Waals surface area contributed by atoms with E-state index in [0.717, 1.165) is 53.8 Å². The summed E-state index contributed by atoms with van der Waals surface area (Å²) in [7, 11) is 3.96. The SMILES string of the molecule is CC(=O)OC[C@H]1O[C@@H](OCc2cn(CCCNc3cc4oc5cc(=[N+](C)C)ccc-5nc4c4ccccc34)nn2)[C@H](OC(C)=O)[C@@H](OC(C)=O)[C@@H]1OC(C)=O.[Cl-]. The summed E-state index contributed by atoms with van der Waals surface area (Å²) in [5, 5.41) is 15.0. The van der Waals surface area contributed by atoms with Crippen LogP contribution in [-0.4, -0.2) is 102 Å². The first-order valence-corrected chi connectivity index (χ1v) is 17.7.